The average molecular weight is 295 g/mol. The van der Waals surface area contributed by atoms with E-state index in [1.165, 1.54) is 11.1 Å². The SMILES string of the molecule is C=CCc1cc(-c2nc3ccccc3o2)ccc1CSC. The van der Waals surface area contributed by atoms with E-state index in [4.69, 9.17) is 4.42 Å². The molecule has 1 aromatic heterocycles. The molecule has 0 aliphatic heterocycles. The first-order valence-corrected chi connectivity index (χ1v) is 8.29. The number of thioether (sulfide) groups is 1. The van der Waals surface area contributed by atoms with Crippen molar-refractivity contribution in [2.75, 3.05) is 6.26 Å². The molecule has 1 heterocycles. The maximum absolute atomic E-state index is 5.84. The fourth-order valence-electron chi connectivity index (χ4n) is 2.40. The van der Waals surface area contributed by atoms with E-state index in [9.17, 15) is 0 Å². The molecule has 2 aromatic carbocycles. The molecule has 0 aliphatic rings. The number of oxazole rings is 1. The third kappa shape index (κ3) is 2.88. The molecule has 0 radical (unpaired) electrons. The summed E-state index contributed by atoms with van der Waals surface area (Å²) in [6.45, 7) is 3.85. The molecule has 0 spiro atoms. The van der Waals surface area contributed by atoms with Gasteiger partial charge in [-0.3, -0.25) is 0 Å². The van der Waals surface area contributed by atoms with Crippen molar-refractivity contribution in [1.82, 2.24) is 4.98 Å². The zero-order valence-electron chi connectivity index (χ0n) is 12.0. The minimum atomic E-state index is 0.678. The Morgan fingerprint density at radius 2 is 2.05 bits per heavy atom. The molecule has 0 atom stereocenters. The number of aromatic nitrogens is 1. The Labute approximate surface area is 128 Å². The predicted molar refractivity (Wildman–Crippen MR) is 90.6 cm³/mol. The summed E-state index contributed by atoms with van der Waals surface area (Å²) in [5, 5.41) is 0. The number of fused-ring (bicyclic) bond motifs is 1. The number of allylic oxidation sites excluding steroid dienone is 1. The number of hydrogen-bond acceptors (Lipinski definition) is 3. The Morgan fingerprint density at radius 1 is 1.19 bits per heavy atom. The van der Waals surface area contributed by atoms with Crippen LogP contribution in [-0.4, -0.2) is 11.2 Å². The van der Waals surface area contributed by atoms with Gasteiger partial charge in [-0.15, -0.1) is 6.58 Å². The first kappa shape index (κ1) is 14.0. The summed E-state index contributed by atoms with van der Waals surface area (Å²) in [6, 6.07) is 14.3. The van der Waals surface area contributed by atoms with Crippen LogP contribution in [0.1, 0.15) is 11.1 Å². The smallest absolute Gasteiger partial charge is 0.227 e. The average Bonchev–Trinajstić information content (AvgIpc) is 2.93. The molecule has 0 saturated heterocycles. The highest BCUT2D eigenvalue weighted by Crippen LogP contribution is 2.27. The molecule has 0 saturated carbocycles. The second-order valence-electron chi connectivity index (χ2n) is 4.90. The fraction of sp³-hybridized carbons (Fsp3) is 0.167. The highest BCUT2D eigenvalue weighted by atomic mass is 32.2. The summed E-state index contributed by atoms with van der Waals surface area (Å²) in [4.78, 5) is 4.56. The predicted octanol–water partition coefficient (Wildman–Crippen LogP) is 5.09. The van der Waals surface area contributed by atoms with E-state index in [1.54, 1.807) is 0 Å². The zero-order chi connectivity index (χ0) is 14.7. The molecule has 3 heteroatoms. The first-order chi connectivity index (χ1) is 10.3. The lowest BCUT2D eigenvalue weighted by Gasteiger charge is -2.08. The van der Waals surface area contributed by atoms with Gasteiger partial charge in [-0.2, -0.15) is 11.8 Å². The van der Waals surface area contributed by atoms with E-state index in [0.717, 1.165) is 28.8 Å². The molecule has 0 fully saturated rings. The maximum Gasteiger partial charge on any atom is 0.227 e. The van der Waals surface area contributed by atoms with Crippen LogP contribution >= 0.6 is 11.8 Å². The highest BCUT2D eigenvalue weighted by Gasteiger charge is 2.10. The van der Waals surface area contributed by atoms with Gasteiger partial charge in [0.05, 0.1) is 0 Å². The molecular formula is C18H17NOS. The van der Waals surface area contributed by atoms with Gasteiger partial charge in [-0.05, 0) is 48.1 Å². The van der Waals surface area contributed by atoms with Gasteiger partial charge in [-0.25, -0.2) is 4.98 Å². The lowest BCUT2D eigenvalue weighted by molar-refractivity contribution is 0.619. The van der Waals surface area contributed by atoms with Crippen LogP contribution in [0.2, 0.25) is 0 Å². The summed E-state index contributed by atoms with van der Waals surface area (Å²) in [7, 11) is 0. The first-order valence-electron chi connectivity index (χ1n) is 6.89. The minimum absolute atomic E-state index is 0.678. The van der Waals surface area contributed by atoms with Crippen molar-refractivity contribution in [1.29, 1.82) is 0 Å². The second kappa shape index (κ2) is 6.19. The Hall–Kier alpha value is -2.00. The van der Waals surface area contributed by atoms with Gasteiger partial charge in [-0.1, -0.05) is 24.3 Å². The van der Waals surface area contributed by atoms with Gasteiger partial charge in [0.1, 0.15) is 5.52 Å². The monoisotopic (exact) mass is 295 g/mol. The minimum Gasteiger partial charge on any atom is -0.436 e. The van der Waals surface area contributed by atoms with Crippen LogP contribution in [0, 0.1) is 0 Å². The van der Waals surface area contributed by atoms with Crippen LogP contribution in [-0.2, 0) is 12.2 Å². The van der Waals surface area contributed by atoms with Crippen LogP contribution in [0.3, 0.4) is 0 Å². The van der Waals surface area contributed by atoms with E-state index < -0.39 is 0 Å². The largest absolute Gasteiger partial charge is 0.436 e. The Balaban J connectivity index is 2.04. The van der Waals surface area contributed by atoms with Gasteiger partial charge >= 0.3 is 0 Å². The lowest BCUT2D eigenvalue weighted by Crippen LogP contribution is -1.92. The Bertz CT molecular complexity index is 743. The summed E-state index contributed by atoms with van der Waals surface area (Å²) in [6.07, 6.45) is 4.92. The van der Waals surface area contributed by atoms with Gasteiger partial charge in [0.25, 0.3) is 0 Å². The fourth-order valence-corrected chi connectivity index (χ4v) is 2.99. The van der Waals surface area contributed by atoms with Crippen LogP contribution < -0.4 is 0 Å². The maximum atomic E-state index is 5.84. The van der Waals surface area contributed by atoms with E-state index in [1.807, 2.05) is 42.1 Å². The standard InChI is InChI=1S/C18H17NOS/c1-3-6-13-11-14(9-10-15(13)12-21-2)18-19-16-7-4-5-8-17(16)20-18/h3-5,7-11H,1,6,12H2,2H3. The second-order valence-corrected chi connectivity index (χ2v) is 5.76. The topological polar surface area (TPSA) is 26.0 Å². The summed E-state index contributed by atoms with van der Waals surface area (Å²) >= 11 is 1.83. The normalized spacial score (nSPS) is 10.9. The molecule has 0 amide bonds. The quantitative estimate of drug-likeness (QED) is 0.613. The summed E-state index contributed by atoms with van der Waals surface area (Å²) in [5.74, 6) is 1.69. The van der Waals surface area contributed by atoms with Crippen LogP contribution in [0.4, 0.5) is 0 Å². The molecule has 0 unspecified atom stereocenters. The zero-order valence-corrected chi connectivity index (χ0v) is 12.8. The molecule has 21 heavy (non-hydrogen) atoms. The van der Waals surface area contributed by atoms with Crippen molar-refractivity contribution in [3.05, 3.63) is 66.2 Å². The van der Waals surface area contributed by atoms with Crippen LogP contribution in [0.15, 0.2) is 59.5 Å². The lowest BCUT2D eigenvalue weighted by atomic mass is 10.0. The third-order valence-corrected chi connectivity index (χ3v) is 4.01. The van der Waals surface area contributed by atoms with Crippen LogP contribution in [0.5, 0.6) is 0 Å². The van der Waals surface area contributed by atoms with Crippen molar-refractivity contribution in [3.8, 4) is 11.5 Å². The van der Waals surface area contributed by atoms with E-state index in [0.29, 0.717) is 5.89 Å². The highest BCUT2D eigenvalue weighted by molar-refractivity contribution is 7.97. The number of benzene rings is 2. The third-order valence-electron chi connectivity index (χ3n) is 3.41. The van der Waals surface area contributed by atoms with Crippen molar-refractivity contribution >= 4 is 22.9 Å². The molecule has 3 rings (SSSR count). The van der Waals surface area contributed by atoms with Gasteiger partial charge in [0.15, 0.2) is 5.58 Å². The Morgan fingerprint density at radius 3 is 2.81 bits per heavy atom. The molecule has 2 nitrogen and oxygen atoms in total. The number of para-hydroxylation sites is 2. The van der Waals surface area contributed by atoms with E-state index >= 15 is 0 Å². The van der Waals surface area contributed by atoms with Crippen LogP contribution in [0.25, 0.3) is 22.6 Å². The van der Waals surface area contributed by atoms with Crippen molar-refractivity contribution in [2.24, 2.45) is 0 Å². The summed E-state index contributed by atoms with van der Waals surface area (Å²) in [5.41, 5.74) is 5.38. The number of rotatable bonds is 5. The molecule has 0 N–H and O–H groups in total. The van der Waals surface area contributed by atoms with Crippen molar-refractivity contribution in [2.45, 2.75) is 12.2 Å². The van der Waals surface area contributed by atoms with Gasteiger partial charge in [0, 0.05) is 11.3 Å². The molecule has 3 aromatic rings. The Kier molecular flexibility index (Phi) is 4.11. The molecular weight excluding hydrogens is 278 g/mol. The molecule has 106 valence electrons. The van der Waals surface area contributed by atoms with Gasteiger partial charge in [0.2, 0.25) is 5.89 Å². The number of hydrogen-bond donors (Lipinski definition) is 0. The van der Waals surface area contributed by atoms with Crippen molar-refractivity contribution in [3.63, 3.8) is 0 Å². The molecule has 0 bridgehead atoms. The van der Waals surface area contributed by atoms with Gasteiger partial charge < -0.3 is 4.42 Å². The van der Waals surface area contributed by atoms with E-state index in [2.05, 4.69) is 36.0 Å². The summed E-state index contributed by atoms with van der Waals surface area (Å²) < 4.78 is 5.84. The van der Waals surface area contributed by atoms with Crippen molar-refractivity contribution < 1.29 is 4.42 Å². The van der Waals surface area contributed by atoms with E-state index in [-0.39, 0.29) is 0 Å². The number of nitrogens with zero attached hydrogens (tertiary/aromatic N) is 1. The molecule has 0 aliphatic carbocycles.